The summed E-state index contributed by atoms with van der Waals surface area (Å²) in [6.45, 7) is 3.33. The fourth-order valence-electron chi connectivity index (χ4n) is 4.26. The van der Waals surface area contributed by atoms with Crippen molar-refractivity contribution in [1.29, 1.82) is 0 Å². The highest BCUT2D eigenvalue weighted by Crippen LogP contribution is 2.44. The molecule has 3 N–H and O–H groups in total. The van der Waals surface area contributed by atoms with Gasteiger partial charge in [-0.2, -0.15) is 0 Å². The number of carbonyl (C=O) groups is 3. The zero-order valence-corrected chi connectivity index (χ0v) is 17.5. The molecule has 0 aliphatic carbocycles. The predicted octanol–water partition coefficient (Wildman–Crippen LogP) is 2.79. The molecule has 0 aromatic heterocycles. The van der Waals surface area contributed by atoms with E-state index in [0.717, 1.165) is 38.5 Å². The Labute approximate surface area is 173 Å². The number of nitrogens with one attached hydrogen (secondary N) is 2. The lowest BCUT2D eigenvalue weighted by atomic mass is 9.77. The van der Waals surface area contributed by atoms with Crippen LogP contribution in [0.3, 0.4) is 0 Å². The third kappa shape index (κ3) is 8.17. The van der Waals surface area contributed by atoms with Crippen LogP contribution >= 0.6 is 0 Å². The quantitative estimate of drug-likeness (QED) is 0.303. The van der Waals surface area contributed by atoms with Crippen LogP contribution in [0.15, 0.2) is 12.2 Å². The highest BCUT2D eigenvalue weighted by molar-refractivity contribution is 5.83. The lowest BCUT2D eigenvalue weighted by molar-refractivity contribution is -0.137. The number of carboxylic acid groups (broad SMARTS) is 1. The van der Waals surface area contributed by atoms with Crippen LogP contribution in [0.25, 0.3) is 0 Å². The second-order valence-electron chi connectivity index (χ2n) is 8.12. The number of rotatable bonds is 14. The Hall–Kier alpha value is -1.89. The average molecular weight is 409 g/mol. The number of allylic oxidation sites excluding steroid dienone is 2. The van der Waals surface area contributed by atoms with Gasteiger partial charge in [0, 0.05) is 38.3 Å². The topological polar surface area (TPSA) is 105 Å². The van der Waals surface area contributed by atoms with Gasteiger partial charge in [0.15, 0.2) is 0 Å². The highest BCUT2D eigenvalue weighted by Gasteiger charge is 2.47. The number of aliphatic carboxylic acids is 1. The predicted molar refractivity (Wildman–Crippen MR) is 110 cm³/mol. The zero-order valence-electron chi connectivity index (χ0n) is 17.5. The Bertz CT molecular complexity index is 578. The number of hydrogen-bond acceptors (Lipinski definition) is 4. The lowest BCUT2D eigenvalue weighted by Crippen LogP contribution is -2.38. The van der Waals surface area contributed by atoms with E-state index in [9.17, 15) is 14.4 Å². The Morgan fingerprint density at radius 2 is 1.66 bits per heavy atom. The molecule has 0 aromatic carbocycles. The maximum absolute atomic E-state index is 12.1. The number of carboxylic acids is 1. The van der Waals surface area contributed by atoms with Crippen molar-refractivity contribution in [1.82, 2.24) is 10.6 Å². The second-order valence-corrected chi connectivity index (χ2v) is 8.12. The summed E-state index contributed by atoms with van der Waals surface area (Å²) in [5, 5.41) is 14.5. The van der Waals surface area contributed by atoms with Gasteiger partial charge in [-0.1, -0.05) is 25.5 Å². The van der Waals surface area contributed by atoms with Crippen LogP contribution in [-0.4, -0.2) is 48.2 Å². The number of ether oxygens (including phenoxy) is 1. The van der Waals surface area contributed by atoms with Crippen LogP contribution in [0, 0.1) is 11.8 Å². The van der Waals surface area contributed by atoms with Crippen molar-refractivity contribution in [3.8, 4) is 0 Å². The summed E-state index contributed by atoms with van der Waals surface area (Å²) >= 11 is 0. The molecule has 2 bridgehead atoms. The van der Waals surface area contributed by atoms with Gasteiger partial charge in [0.2, 0.25) is 11.8 Å². The summed E-state index contributed by atoms with van der Waals surface area (Å²) in [5.41, 5.74) is 0. The molecule has 29 heavy (non-hydrogen) atoms. The fraction of sp³-hybridized carbons (Fsp3) is 0.773. The van der Waals surface area contributed by atoms with Gasteiger partial charge in [-0.05, 0) is 44.4 Å². The fourth-order valence-corrected chi connectivity index (χ4v) is 4.26. The molecule has 2 rings (SSSR count). The average Bonchev–Trinajstić information content (AvgIpc) is 3.29. The molecule has 2 aliphatic rings. The number of fused-ring (bicyclic) bond motifs is 2. The molecule has 0 spiro atoms. The largest absolute Gasteiger partial charge is 0.481 e. The molecule has 164 valence electrons. The third-order valence-electron chi connectivity index (χ3n) is 5.89. The summed E-state index contributed by atoms with van der Waals surface area (Å²) in [6, 6.07) is 0. The van der Waals surface area contributed by atoms with Crippen molar-refractivity contribution in [2.24, 2.45) is 11.8 Å². The SMILES string of the molecule is CCCCNC(=O)CCC(=O)NC[C@H]1[C@@H](C/C=C\CCCC(=O)O)[C@H]2CC[C@@H]1O2. The standard InChI is InChI=1S/C22H36N2O5/c1-2-3-14-23-20(25)12-13-21(26)24-15-17-16(18-10-11-19(17)29-18)8-6-4-5-7-9-22(27)28/h4,6,16-19H,2-3,5,7-15H2,1H3,(H,23,25)(H,24,26)(H,27,28)/b6-4-/t16-,17+,18-,19+/m1/s1. The first-order valence-electron chi connectivity index (χ1n) is 11.1. The Kier molecular flexibility index (Phi) is 10.2. The second kappa shape index (κ2) is 12.6. The minimum Gasteiger partial charge on any atom is -0.481 e. The number of hydrogen-bond donors (Lipinski definition) is 3. The van der Waals surface area contributed by atoms with E-state index in [0.29, 0.717) is 31.3 Å². The first kappa shape index (κ1) is 23.4. The third-order valence-corrected chi connectivity index (χ3v) is 5.89. The van der Waals surface area contributed by atoms with Gasteiger partial charge in [0.1, 0.15) is 0 Å². The maximum Gasteiger partial charge on any atom is 0.303 e. The van der Waals surface area contributed by atoms with Crippen LogP contribution in [0.5, 0.6) is 0 Å². The molecular formula is C22H36N2O5. The molecule has 2 aliphatic heterocycles. The summed E-state index contributed by atoms with van der Waals surface area (Å²) in [7, 11) is 0. The molecule has 7 nitrogen and oxygen atoms in total. The van der Waals surface area contributed by atoms with E-state index >= 15 is 0 Å². The van der Waals surface area contributed by atoms with Crippen LogP contribution in [0.1, 0.15) is 71.1 Å². The van der Waals surface area contributed by atoms with Crippen LogP contribution < -0.4 is 10.6 Å². The number of unbranched alkanes of at least 4 members (excludes halogenated alkanes) is 2. The van der Waals surface area contributed by atoms with Gasteiger partial charge in [0.25, 0.3) is 0 Å². The van der Waals surface area contributed by atoms with E-state index in [2.05, 4.69) is 29.7 Å². The Balaban J connectivity index is 1.68. The molecule has 0 saturated carbocycles. The molecule has 2 amide bonds. The van der Waals surface area contributed by atoms with Crippen molar-refractivity contribution >= 4 is 17.8 Å². The van der Waals surface area contributed by atoms with Gasteiger partial charge >= 0.3 is 5.97 Å². The molecule has 7 heteroatoms. The zero-order chi connectivity index (χ0) is 21.1. The van der Waals surface area contributed by atoms with E-state index in [1.165, 1.54) is 0 Å². The molecule has 0 unspecified atom stereocenters. The Morgan fingerprint density at radius 1 is 0.966 bits per heavy atom. The van der Waals surface area contributed by atoms with Crippen LogP contribution in [0.2, 0.25) is 0 Å². The van der Waals surface area contributed by atoms with Crippen LogP contribution in [0.4, 0.5) is 0 Å². The summed E-state index contributed by atoms with van der Waals surface area (Å²) in [5.74, 6) is -0.208. The van der Waals surface area contributed by atoms with E-state index in [4.69, 9.17) is 9.84 Å². The molecule has 2 heterocycles. The van der Waals surface area contributed by atoms with Crippen molar-refractivity contribution in [2.75, 3.05) is 13.1 Å². The van der Waals surface area contributed by atoms with E-state index in [-0.39, 0.29) is 43.3 Å². The van der Waals surface area contributed by atoms with Gasteiger partial charge < -0.3 is 20.5 Å². The molecule has 2 fully saturated rings. The van der Waals surface area contributed by atoms with E-state index in [1.54, 1.807) is 0 Å². The van der Waals surface area contributed by atoms with Gasteiger partial charge in [-0.15, -0.1) is 0 Å². The van der Waals surface area contributed by atoms with Gasteiger partial charge in [0.05, 0.1) is 12.2 Å². The monoisotopic (exact) mass is 408 g/mol. The number of amides is 2. The molecular weight excluding hydrogens is 372 g/mol. The minimum absolute atomic E-state index is 0.0669. The summed E-state index contributed by atoms with van der Waals surface area (Å²) < 4.78 is 6.07. The van der Waals surface area contributed by atoms with Gasteiger partial charge in [-0.25, -0.2) is 0 Å². The van der Waals surface area contributed by atoms with Crippen molar-refractivity contribution in [2.45, 2.75) is 83.3 Å². The molecule has 0 radical (unpaired) electrons. The van der Waals surface area contributed by atoms with Crippen LogP contribution in [-0.2, 0) is 19.1 Å². The number of carbonyl (C=O) groups excluding carboxylic acids is 2. The van der Waals surface area contributed by atoms with Crippen molar-refractivity contribution < 1.29 is 24.2 Å². The van der Waals surface area contributed by atoms with Crippen molar-refractivity contribution in [3.63, 3.8) is 0 Å². The lowest BCUT2D eigenvalue weighted by Gasteiger charge is -2.27. The van der Waals surface area contributed by atoms with E-state index in [1.807, 2.05) is 0 Å². The smallest absolute Gasteiger partial charge is 0.303 e. The normalized spacial score (nSPS) is 25.4. The molecule has 0 aromatic rings. The maximum atomic E-state index is 12.1. The molecule has 4 atom stereocenters. The summed E-state index contributed by atoms with van der Waals surface area (Å²) in [4.78, 5) is 34.4. The molecule has 2 saturated heterocycles. The first-order chi connectivity index (χ1) is 14.0. The van der Waals surface area contributed by atoms with Crippen molar-refractivity contribution in [3.05, 3.63) is 12.2 Å². The summed E-state index contributed by atoms with van der Waals surface area (Å²) in [6.07, 6.45) is 11.7. The minimum atomic E-state index is -0.755. The Morgan fingerprint density at radius 3 is 2.34 bits per heavy atom. The highest BCUT2D eigenvalue weighted by atomic mass is 16.5. The first-order valence-corrected chi connectivity index (χ1v) is 11.1. The van der Waals surface area contributed by atoms with Gasteiger partial charge in [-0.3, -0.25) is 14.4 Å². The van der Waals surface area contributed by atoms with E-state index < -0.39 is 5.97 Å².